The molecule has 2 rings (SSSR count). The van der Waals surface area contributed by atoms with E-state index in [0.717, 1.165) is 25.9 Å². The number of hydrogen-bond donors (Lipinski definition) is 1. The number of carbonyl (C=O) groups excluding carboxylic acids is 1. The molecule has 1 fully saturated rings. The molecule has 0 bridgehead atoms. The fourth-order valence-electron chi connectivity index (χ4n) is 2.39. The first kappa shape index (κ1) is 14.7. The van der Waals surface area contributed by atoms with Crippen LogP contribution in [-0.2, 0) is 9.53 Å². The number of ether oxygens (including phenoxy) is 1. The molecule has 20 heavy (non-hydrogen) atoms. The number of carbonyl (C=O) groups is 1. The van der Waals surface area contributed by atoms with E-state index in [1.807, 2.05) is 25.9 Å². The second kappa shape index (κ2) is 6.65. The van der Waals surface area contributed by atoms with E-state index in [0.29, 0.717) is 11.6 Å². The van der Waals surface area contributed by atoms with Crippen molar-refractivity contribution in [1.29, 1.82) is 0 Å². The molecule has 0 unspecified atom stereocenters. The van der Waals surface area contributed by atoms with Crippen LogP contribution in [0.15, 0.2) is 12.4 Å². The highest BCUT2D eigenvalue weighted by molar-refractivity contribution is 5.92. The first-order valence-corrected chi connectivity index (χ1v) is 7.03. The molecule has 1 aliphatic rings. The van der Waals surface area contributed by atoms with Crippen LogP contribution in [0.1, 0.15) is 26.2 Å². The maximum absolute atomic E-state index is 12.3. The quantitative estimate of drug-likeness (QED) is 0.907. The van der Waals surface area contributed by atoms with Crippen LogP contribution in [0.25, 0.3) is 0 Å². The van der Waals surface area contributed by atoms with Gasteiger partial charge >= 0.3 is 0 Å². The fourth-order valence-corrected chi connectivity index (χ4v) is 2.39. The summed E-state index contributed by atoms with van der Waals surface area (Å²) in [5.41, 5.74) is 0.626. The molecule has 6 heteroatoms. The highest BCUT2D eigenvalue weighted by Gasteiger charge is 2.30. The number of hydrogen-bond acceptors (Lipinski definition) is 5. The van der Waals surface area contributed by atoms with Crippen molar-refractivity contribution < 1.29 is 9.53 Å². The highest BCUT2D eigenvalue weighted by atomic mass is 16.5. The Bertz CT molecular complexity index is 447. The van der Waals surface area contributed by atoms with Crippen molar-refractivity contribution >= 4 is 17.5 Å². The van der Waals surface area contributed by atoms with Gasteiger partial charge in [-0.3, -0.25) is 4.79 Å². The lowest BCUT2D eigenvalue weighted by atomic mass is 9.92. The van der Waals surface area contributed by atoms with Gasteiger partial charge in [-0.15, -0.1) is 0 Å². The zero-order valence-corrected chi connectivity index (χ0v) is 12.3. The van der Waals surface area contributed by atoms with Gasteiger partial charge in [0, 0.05) is 20.7 Å². The summed E-state index contributed by atoms with van der Waals surface area (Å²) in [6, 6.07) is 0. The molecular formula is C14H22N4O2. The summed E-state index contributed by atoms with van der Waals surface area (Å²) in [5.74, 6) is 0.537. The van der Waals surface area contributed by atoms with Gasteiger partial charge in [-0.1, -0.05) is 6.92 Å². The Hall–Kier alpha value is -1.69. The summed E-state index contributed by atoms with van der Waals surface area (Å²) in [7, 11) is 3.75. The van der Waals surface area contributed by atoms with E-state index in [4.69, 9.17) is 4.74 Å². The summed E-state index contributed by atoms with van der Waals surface area (Å²) in [6.45, 7) is 2.80. The second-order valence-electron chi connectivity index (χ2n) is 5.22. The Morgan fingerprint density at radius 2 is 2.15 bits per heavy atom. The Morgan fingerprint density at radius 3 is 2.75 bits per heavy atom. The summed E-state index contributed by atoms with van der Waals surface area (Å²) in [4.78, 5) is 22.5. The van der Waals surface area contributed by atoms with Crippen LogP contribution >= 0.6 is 0 Å². The number of nitrogens with one attached hydrogen (secondary N) is 1. The lowest BCUT2D eigenvalue weighted by molar-refractivity contribution is -0.129. The largest absolute Gasteiger partial charge is 0.377 e. The van der Waals surface area contributed by atoms with E-state index in [-0.39, 0.29) is 17.9 Å². The van der Waals surface area contributed by atoms with Gasteiger partial charge in [0.25, 0.3) is 0 Å². The van der Waals surface area contributed by atoms with E-state index in [2.05, 4.69) is 15.3 Å². The third-order valence-electron chi connectivity index (χ3n) is 3.49. The molecule has 1 aromatic heterocycles. The Labute approximate surface area is 119 Å². The first-order chi connectivity index (χ1) is 9.61. The van der Waals surface area contributed by atoms with Crippen LogP contribution in [-0.4, -0.2) is 42.7 Å². The monoisotopic (exact) mass is 278 g/mol. The van der Waals surface area contributed by atoms with Gasteiger partial charge in [-0.25, -0.2) is 9.97 Å². The molecular weight excluding hydrogens is 256 g/mol. The van der Waals surface area contributed by atoms with E-state index in [1.54, 1.807) is 12.4 Å². The molecule has 1 amide bonds. The van der Waals surface area contributed by atoms with Crippen molar-refractivity contribution in [3.05, 3.63) is 12.4 Å². The van der Waals surface area contributed by atoms with Crippen molar-refractivity contribution in [1.82, 2.24) is 9.97 Å². The molecule has 0 radical (unpaired) electrons. The molecule has 110 valence electrons. The topological polar surface area (TPSA) is 67.3 Å². The van der Waals surface area contributed by atoms with E-state index in [9.17, 15) is 4.79 Å². The van der Waals surface area contributed by atoms with Gasteiger partial charge in [-0.05, 0) is 19.3 Å². The van der Waals surface area contributed by atoms with E-state index >= 15 is 0 Å². The van der Waals surface area contributed by atoms with Crippen molar-refractivity contribution in [3.63, 3.8) is 0 Å². The predicted molar refractivity (Wildman–Crippen MR) is 77.7 cm³/mol. The van der Waals surface area contributed by atoms with Crippen LogP contribution in [0.3, 0.4) is 0 Å². The highest BCUT2D eigenvalue weighted by Crippen LogP contribution is 2.24. The molecule has 1 aromatic rings. The van der Waals surface area contributed by atoms with Crippen LogP contribution in [0.4, 0.5) is 11.6 Å². The number of anilines is 2. The zero-order chi connectivity index (χ0) is 14.5. The molecule has 0 saturated carbocycles. The smallest absolute Gasteiger partial charge is 0.230 e. The first-order valence-electron chi connectivity index (χ1n) is 7.03. The maximum Gasteiger partial charge on any atom is 0.230 e. The van der Waals surface area contributed by atoms with E-state index < -0.39 is 0 Å². The minimum atomic E-state index is -0.0812. The average molecular weight is 278 g/mol. The van der Waals surface area contributed by atoms with Crippen LogP contribution in [0.2, 0.25) is 0 Å². The average Bonchev–Trinajstić information content (AvgIpc) is 2.47. The van der Waals surface area contributed by atoms with Gasteiger partial charge in [-0.2, -0.15) is 0 Å². The van der Waals surface area contributed by atoms with Crippen LogP contribution < -0.4 is 10.2 Å². The summed E-state index contributed by atoms with van der Waals surface area (Å²) >= 11 is 0. The molecule has 1 saturated heterocycles. The Kier molecular flexibility index (Phi) is 4.89. The molecule has 1 aliphatic heterocycles. The van der Waals surface area contributed by atoms with Crippen molar-refractivity contribution in [3.8, 4) is 0 Å². The number of aromatic nitrogens is 2. The second-order valence-corrected chi connectivity index (χ2v) is 5.22. The van der Waals surface area contributed by atoms with Gasteiger partial charge in [0.1, 0.15) is 0 Å². The van der Waals surface area contributed by atoms with Crippen molar-refractivity contribution in [2.24, 2.45) is 5.92 Å². The number of amides is 1. The van der Waals surface area contributed by atoms with Gasteiger partial charge in [0.15, 0.2) is 0 Å². The number of rotatable bonds is 4. The normalized spacial score (nSPS) is 22.4. The van der Waals surface area contributed by atoms with Crippen molar-refractivity contribution in [2.45, 2.75) is 32.3 Å². The van der Waals surface area contributed by atoms with E-state index in [1.165, 1.54) is 0 Å². The van der Waals surface area contributed by atoms with Gasteiger partial charge in [0.2, 0.25) is 11.9 Å². The third kappa shape index (κ3) is 3.45. The molecule has 1 N–H and O–H groups in total. The van der Waals surface area contributed by atoms with Gasteiger partial charge in [0.05, 0.1) is 30.1 Å². The summed E-state index contributed by atoms with van der Waals surface area (Å²) in [5, 5.41) is 2.88. The SMILES string of the molecule is CC[C@H]1OCCC[C@@H]1C(=O)Nc1cnc(N(C)C)nc1. The lowest BCUT2D eigenvalue weighted by Gasteiger charge is -2.29. The fraction of sp³-hybridized carbons (Fsp3) is 0.643. The summed E-state index contributed by atoms with van der Waals surface area (Å²) < 4.78 is 5.65. The Morgan fingerprint density at radius 1 is 1.45 bits per heavy atom. The Balaban J connectivity index is 1.99. The minimum Gasteiger partial charge on any atom is -0.377 e. The van der Waals surface area contributed by atoms with Gasteiger partial charge < -0.3 is 15.0 Å². The summed E-state index contributed by atoms with van der Waals surface area (Å²) in [6.07, 6.45) is 5.95. The lowest BCUT2D eigenvalue weighted by Crippen LogP contribution is -2.37. The van der Waals surface area contributed by atoms with Crippen LogP contribution in [0.5, 0.6) is 0 Å². The molecule has 0 aliphatic carbocycles. The maximum atomic E-state index is 12.3. The standard InChI is InChI=1S/C14H22N4O2/c1-4-12-11(6-5-7-20-12)13(19)17-10-8-15-14(16-9-10)18(2)3/h8-9,11-12H,4-7H2,1-3H3,(H,17,19)/t11-,12+/m0/s1. The molecule has 0 aromatic carbocycles. The molecule has 2 atom stereocenters. The number of nitrogens with zero attached hydrogens (tertiary/aromatic N) is 3. The molecule has 6 nitrogen and oxygen atoms in total. The van der Waals surface area contributed by atoms with Crippen molar-refractivity contribution in [2.75, 3.05) is 30.9 Å². The molecule has 0 spiro atoms. The zero-order valence-electron chi connectivity index (χ0n) is 12.3. The molecule has 2 heterocycles. The van der Waals surface area contributed by atoms with Crippen LogP contribution in [0, 0.1) is 5.92 Å². The predicted octanol–water partition coefficient (Wildman–Crippen LogP) is 1.69. The minimum absolute atomic E-state index is 0.00208. The third-order valence-corrected chi connectivity index (χ3v) is 3.49.